The predicted molar refractivity (Wildman–Crippen MR) is 64.5 cm³/mol. The first-order valence-electron chi connectivity index (χ1n) is 6.56. The zero-order valence-electron chi connectivity index (χ0n) is 10.3. The number of aromatic nitrogens is 2. The van der Waals surface area contributed by atoms with Crippen molar-refractivity contribution in [1.82, 2.24) is 15.1 Å². The molecule has 94 valence electrons. The third-order valence-corrected chi connectivity index (χ3v) is 4.31. The topological polar surface area (TPSA) is 29.9 Å². The first-order valence-corrected chi connectivity index (χ1v) is 6.56. The number of halogens is 1. The number of hydrogen-bond acceptors (Lipinski definition) is 2. The molecule has 2 aliphatic rings. The second kappa shape index (κ2) is 4.09. The standard InChI is InChI=1S/C13H20FN3/c1-17-12(5-7-15-17)4-6-13(14)8-10-2-3-11(9-13)16-10/h5,7,10-11,16H,2-4,6,8-9H2,1H3. The fourth-order valence-electron chi connectivity index (χ4n) is 3.39. The molecule has 3 rings (SSSR count). The molecular formula is C13H20FN3. The summed E-state index contributed by atoms with van der Waals surface area (Å²) in [4.78, 5) is 0. The average Bonchev–Trinajstić information content (AvgIpc) is 2.83. The molecule has 0 aromatic carbocycles. The van der Waals surface area contributed by atoms with Gasteiger partial charge in [-0.15, -0.1) is 0 Å². The average molecular weight is 237 g/mol. The van der Waals surface area contributed by atoms with Gasteiger partial charge in [-0.1, -0.05) is 0 Å². The summed E-state index contributed by atoms with van der Waals surface area (Å²) in [7, 11) is 1.92. The number of nitrogens with one attached hydrogen (secondary N) is 1. The van der Waals surface area contributed by atoms with Crippen LogP contribution in [0.2, 0.25) is 0 Å². The molecule has 2 bridgehead atoms. The van der Waals surface area contributed by atoms with Crippen molar-refractivity contribution in [2.24, 2.45) is 7.05 Å². The molecule has 2 fully saturated rings. The van der Waals surface area contributed by atoms with Crippen molar-refractivity contribution >= 4 is 0 Å². The molecule has 3 heterocycles. The molecule has 4 heteroatoms. The largest absolute Gasteiger partial charge is 0.311 e. The lowest BCUT2D eigenvalue weighted by molar-refractivity contribution is 0.0792. The van der Waals surface area contributed by atoms with E-state index in [2.05, 4.69) is 10.4 Å². The van der Waals surface area contributed by atoms with Crippen LogP contribution in [0.3, 0.4) is 0 Å². The molecule has 0 radical (unpaired) electrons. The van der Waals surface area contributed by atoms with Crippen LogP contribution in [0.5, 0.6) is 0 Å². The molecular weight excluding hydrogens is 217 g/mol. The smallest absolute Gasteiger partial charge is 0.114 e. The maximum atomic E-state index is 14.8. The molecule has 0 saturated carbocycles. The number of alkyl halides is 1. The van der Waals surface area contributed by atoms with Gasteiger partial charge in [0.15, 0.2) is 0 Å². The van der Waals surface area contributed by atoms with Crippen LogP contribution in [0, 0.1) is 0 Å². The van der Waals surface area contributed by atoms with Gasteiger partial charge in [-0.05, 0) is 44.6 Å². The van der Waals surface area contributed by atoms with E-state index in [0.717, 1.165) is 25.0 Å². The van der Waals surface area contributed by atoms with Crippen molar-refractivity contribution < 1.29 is 4.39 Å². The molecule has 1 aromatic rings. The van der Waals surface area contributed by atoms with Crippen molar-refractivity contribution in [3.8, 4) is 0 Å². The minimum atomic E-state index is -0.957. The third kappa shape index (κ3) is 2.23. The maximum absolute atomic E-state index is 14.8. The van der Waals surface area contributed by atoms with Crippen LogP contribution in [0.25, 0.3) is 0 Å². The van der Waals surface area contributed by atoms with Crippen molar-refractivity contribution in [1.29, 1.82) is 0 Å². The van der Waals surface area contributed by atoms with Crippen LogP contribution in [0.4, 0.5) is 4.39 Å². The van der Waals surface area contributed by atoms with E-state index in [9.17, 15) is 4.39 Å². The van der Waals surface area contributed by atoms with Gasteiger partial charge in [-0.25, -0.2) is 4.39 Å². The van der Waals surface area contributed by atoms with Gasteiger partial charge in [0.2, 0.25) is 0 Å². The molecule has 1 aromatic heterocycles. The van der Waals surface area contributed by atoms with Crippen LogP contribution in [0.15, 0.2) is 12.3 Å². The highest BCUT2D eigenvalue weighted by Crippen LogP contribution is 2.39. The Morgan fingerprint density at radius 2 is 2.18 bits per heavy atom. The number of hydrogen-bond donors (Lipinski definition) is 1. The van der Waals surface area contributed by atoms with Gasteiger partial charge in [0.25, 0.3) is 0 Å². The van der Waals surface area contributed by atoms with Crippen molar-refractivity contribution in [2.45, 2.75) is 56.3 Å². The summed E-state index contributed by atoms with van der Waals surface area (Å²) in [5, 5.41) is 7.62. The fourth-order valence-corrected chi connectivity index (χ4v) is 3.39. The summed E-state index contributed by atoms with van der Waals surface area (Å²) in [6.07, 6.45) is 6.92. The van der Waals surface area contributed by atoms with E-state index in [1.165, 1.54) is 0 Å². The van der Waals surface area contributed by atoms with E-state index in [4.69, 9.17) is 0 Å². The summed E-state index contributed by atoms with van der Waals surface area (Å²) in [5.41, 5.74) is 0.175. The van der Waals surface area contributed by atoms with Crippen molar-refractivity contribution in [3.63, 3.8) is 0 Å². The molecule has 2 saturated heterocycles. The Labute approximate surface area is 101 Å². The first-order chi connectivity index (χ1) is 8.15. The number of piperidine rings is 1. The Hall–Kier alpha value is -0.900. The van der Waals surface area contributed by atoms with Gasteiger partial charge in [-0.2, -0.15) is 5.10 Å². The second-order valence-corrected chi connectivity index (χ2v) is 5.64. The van der Waals surface area contributed by atoms with Crippen molar-refractivity contribution in [2.75, 3.05) is 0 Å². The highest BCUT2D eigenvalue weighted by atomic mass is 19.1. The Morgan fingerprint density at radius 3 is 2.76 bits per heavy atom. The van der Waals surface area contributed by atoms with E-state index in [1.807, 2.05) is 17.8 Å². The number of aryl methyl sites for hydroxylation is 2. The molecule has 2 aliphatic heterocycles. The minimum absolute atomic E-state index is 0.422. The van der Waals surface area contributed by atoms with Gasteiger partial charge in [0.1, 0.15) is 5.67 Å². The van der Waals surface area contributed by atoms with Crippen LogP contribution in [-0.4, -0.2) is 27.5 Å². The number of fused-ring (bicyclic) bond motifs is 2. The molecule has 0 aliphatic carbocycles. The van der Waals surface area contributed by atoms with Crippen LogP contribution in [-0.2, 0) is 13.5 Å². The summed E-state index contributed by atoms with van der Waals surface area (Å²) < 4.78 is 16.6. The van der Waals surface area contributed by atoms with Crippen LogP contribution in [0.1, 0.15) is 37.8 Å². The summed E-state index contributed by atoms with van der Waals surface area (Å²) >= 11 is 0. The summed E-state index contributed by atoms with van der Waals surface area (Å²) in [6.45, 7) is 0. The van der Waals surface area contributed by atoms with E-state index >= 15 is 0 Å². The molecule has 17 heavy (non-hydrogen) atoms. The van der Waals surface area contributed by atoms with Gasteiger partial charge in [0, 0.05) is 31.0 Å². The predicted octanol–water partition coefficient (Wildman–Crippen LogP) is 1.98. The Morgan fingerprint density at radius 1 is 1.47 bits per heavy atom. The highest BCUT2D eigenvalue weighted by molar-refractivity contribution is 5.05. The fraction of sp³-hybridized carbons (Fsp3) is 0.769. The van der Waals surface area contributed by atoms with Crippen LogP contribution < -0.4 is 5.32 Å². The van der Waals surface area contributed by atoms with Gasteiger partial charge in [0.05, 0.1) is 0 Å². The van der Waals surface area contributed by atoms with E-state index in [0.29, 0.717) is 31.3 Å². The van der Waals surface area contributed by atoms with Gasteiger partial charge < -0.3 is 5.32 Å². The molecule has 2 unspecified atom stereocenters. The lowest BCUT2D eigenvalue weighted by Gasteiger charge is -2.35. The van der Waals surface area contributed by atoms with E-state index < -0.39 is 5.67 Å². The molecule has 2 atom stereocenters. The lowest BCUT2D eigenvalue weighted by Crippen LogP contribution is -2.46. The normalized spacial score (nSPS) is 36.4. The highest BCUT2D eigenvalue weighted by Gasteiger charge is 2.43. The van der Waals surface area contributed by atoms with Crippen molar-refractivity contribution in [3.05, 3.63) is 18.0 Å². The quantitative estimate of drug-likeness (QED) is 0.871. The Bertz CT molecular complexity index is 389. The lowest BCUT2D eigenvalue weighted by atomic mass is 9.85. The minimum Gasteiger partial charge on any atom is -0.311 e. The summed E-state index contributed by atoms with van der Waals surface area (Å²) in [6, 6.07) is 2.83. The molecule has 0 amide bonds. The second-order valence-electron chi connectivity index (χ2n) is 5.64. The molecule has 3 nitrogen and oxygen atoms in total. The monoisotopic (exact) mass is 237 g/mol. The SMILES string of the molecule is Cn1nccc1CCC1(F)CC2CCC(C1)N2. The van der Waals surface area contributed by atoms with Gasteiger partial charge in [-0.3, -0.25) is 4.68 Å². The van der Waals surface area contributed by atoms with E-state index in [-0.39, 0.29) is 0 Å². The zero-order valence-corrected chi connectivity index (χ0v) is 10.3. The first kappa shape index (κ1) is 11.2. The zero-order chi connectivity index (χ0) is 11.9. The third-order valence-electron chi connectivity index (χ3n) is 4.31. The summed E-state index contributed by atoms with van der Waals surface area (Å²) in [5.74, 6) is 0. The maximum Gasteiger partial charge on any atom is 0.114 e. The van der Waals surface area contributed by atoms with Crippen LogP contribution >= 0.6 is 0 Å². The molecule has 0 spiro atoms. The van der Waals surface area contributed by atoms with Gasteiger partial charge >= 0.3 is 0 Å². The Kier molecular flexibility index (Phi) is 2.69. The molecule has 1 N–H and O–H groups in total. The Balaban J connectivity index is 1.63. The number of rotatable bonds is 3. The number of nitrogens with zero attached hydrogens (tertiary/aromatic N) is 2. The van der Waals surface area contributed by atoms with E-state index in [1.54, 1.807) is 6.20 Å².